The number of rotatable bonds is 9. The van der Waals surface area contributed by atoms with Crippen molar-refractivity contribution >= 4 is 59.0 Å². The minimum absolute atomic E-state index is 0.123. The number of nitrogens with one attached hydrogen (secondary N) is 2. The van der Waals surface area contributed by atoms with Gasteiger partial charge in [0.1, 0.15) is 25.4 Å². The molecule has 2 aromatic heterocycles. The number of para-hydroxylation sites is 1. The maximum atomic E-state index is 13.9. The zero-order valence-corrected chi connectivity index (χ0v) is 24.6. The first-order chi connectivity index (χ1) is 20.8. The Balaban J connectivity index is 1.34. The number of nitriles is 1. The average molecular weight is 612 g/mol. The van der Waals surface area contributed by atoms with Crippen LogP contribution in [-0.4, -0.2) is 33.9 Å². The Morgan fingerprint density at radius 1 is 1.07 bits per heavy atom. The third-order valence-corrected chi connectivity index (χ3v) is 8.43. The lowest BCUT2D eigenvalue weighted by Gasteiger charge is -2.31. The van der Waals surface area contributed by atoms with E-state index in [1.165, 1.54) is 18.3 Å². The highest BCUT2D eigenvalue weighted by Gasteiger charge is 2.35. The van der Waals surface area contributed by atoms with Gasteiger partial charge in [-0.05, 0) is 67.6 Å². The maximum Gasteiger partial charge on any atom is 0.161 e. The molecule has 0 radical (unpaired) electrons. The zero-order valence-electron chi connectivity index (χ0n) is 23.1. The third-order valence-electron chi connectivity index (χ3n) is 7.84. The molecular formula is C31H25BCl2FN7O. The molecule has 2 aliphatic rings. The summed E-state index contributed by atoms with van der Waals surface area (Å²) in [5.74, 6) is 0.196. The molecule has 0 saturated heterocycles. The minimum Gasteiger partial charge on any atom is -0.487 e. The molecule has 0 aliphatic heterocycles. The Morgan fingerprint density at radius 2 is 1.86 bits per heavy atom. The molecule has 0 amide bonds. The summed E-state index contributed by atoms with van der Waals surface area (Å²) in [5, 5.41) is 27.4. The first-order valence-corrected chi connectivity index (χ1v) is 14.8. The van der Waals surface area contributed by atoms with Crippen LogP contribution >= 0.6 is 23.2 Å². The summed E-state index contributed by atoms with van der Waals surface area (Å²) in [6.07, 6.45) is 7.61. The summed E-state index contributed by atoms with van der Waals surface area (Å²) < 4.78 is 21.9. The van der Waals surface area contributed by atoms with E-state index in [2.05, 4.69) is 32.0 Å². The van der Waals surface area contributed by atoms with Crippen LogP contribution in [0.25, 0.3) is 10.9 Å². The van der Waals surface area contributed by atoms with Crippen LogP contribution in [0.2, 0.25) is 10.0 Å². The highest BCUT2D eigenvalue weighted by molar-refractivity contribution is 6.36. The lowest BCUT2D eigenvalue weighted by Crippen LogP contribution is -2.37. The van der Waals surface area contributed by atoms with Gasteiger partial charge in [-0.3, -0.25) is 4.98 Å². The summed E-state index contributed by atoms with van der Waals surface area (Å²) in [6, 6.07) is 18.0. The summed E-state index contributed by atoms with van der Waals surface area (Å²) in [4.78, 5) is 4.50. The SMILES string of the molecule is BC(Nc1cc(Cl)c2ncc(C#N)c(Nc3cccc(Cl)c3OC3CC3)c2c1)(c1ccc(F)cc1)c1cn(C2CC2)nn1. The minimum atomic E-state index is -0.899. The van der Waals surface area contributed by atoms with Crippen molar-refractivity contribution in [1.29, 1.82) is 5.26 Å². The molecule has 2 saturated carbocycles. The second-order valence-electron chi connectivity index (χ2n) is 11.1. The Kier molecular flexibility index (Phi) is 6.87. The van der Waals surface area contributed by atoms with Crippen LogP contribution in [0.1, 0.15) is 48.5 Å². The summed E-state index contributed by atoms with van der Waals surface area (Å²) in [7, 11) is 1.97. The molecule has 3 aromatic carbocycles. The molecule has 5 aromatic rings. The molecule has 0 bridgehead atoms. The molecule has 1 atom stereocenters. The smallest absolute Gasteiger partial charge is 0.161 e. The molecule has 1 unspecified atom stereocenters. The molecular weight excluding hydrogens is 587 g/mol. The van der Waals surface area contributed by atoms with Gasteiger partial charge in [0.2, 0.25) is 0 Å². The van der Waals surface area contributed by atoms with Gasteiger partial charge in [-0.2, -0.15) is 5.26 Å². The number of hydrogen-bond acceptors (Lipinski definition) is 7. The highest BCUT2D eigenvalue weighted by atomic mass is 35.5. The lowest BCUT2D eigenvalue weighted by molar-refractivity contribution is 0.305. The maximum absolute atomic E-state index is 13.9. The fraction of sp³-hybridized carbons (Fsp3) is 0.226. The van der Waals surface area contributed by atoms with Crippen molar-refractivity contribution in [2.24, 2.45) is 0 Å². The van der Waals surface area contributed by atoms with Crippen LogP contribution in [0.3, 0.4) is 0 Å². The number of anilines is 3. The highest BCUT2D eigenvalue weighted by Crippen LogP contribution is 2.42. The molecule has 2 fully saturated rings. The first kappa shape index (κ1) is 27.5. The van der Waals surface area contributed by atoms with E-state index in [0.717, 1.165) is 31.2 Å². The number of halogens is 3. The largest absolute Gasteiger partial charge is 0.487 e. The number of fused-ring (bicyclic) bond motifs is 1. The Bertz CT molecular complexity index is 1900. The number of aromatic nitrogens is 4. The number of benzene rings is 3. The van der Waals surface area contributed by atoms with Gasteiger partial charge in [-0.25, -0.2) is 9.07 Å². The van der Waals surface area contributed by atoms with Gasteiger partial charge >= 0.3 is 0 Å². The molecule has 2 aliphatic carbocycles. The molecule has 2 heterocycles. The predicted octanol–water partition coefficient (Wildman–Crippen LogP) is 6.71. The topological polar surface area (TPSA) is 101 Å². The van der Waals surface area contributed by atoms with Crippen molar-refractivity contribution < 1.29 is 9.13 Å². The fourth-order valence-corrected chi connectivity index (χ4v) is 5.63. The number of hydrogen-bond donors (Lipinski definition) is 2. The van der Waals surface area contributed by atoms with E-state index in [4.69, 9.17) is 27.9 Å². The summed E-state index contributed by atoms with van der Waals surface area (Å²) in [5.41, 5.74) is 3.20. The van der Waals surface area contributed by atoms with Crippen molar-refractivity contribution in [2.75, 3.05) is 10.6 Å². The summed E-state index contributed by atoms with van der Waals surface area (Å²) >= 11 is 13.3. The average Bonchev–Trinajstić information content (AvgIpc) is 3.94. The van der Waals surface area contributed by atoms with Crippen LogP contribution in [0.5, 0.6) is 5.75 Å². The molecule has 7 rings (SSSR count). The van der Waals surface area contributed by atoms with Gasteiger partial charge in [-0.1, -0.05) is 46.6 Å². The van der Waals surface area contributed by atoms with E-state index < -0.39 is 5.44 Å². The van der Waals surface area contributed by atoms with Crippen LogP contribution in [0.4, 0.5) is 21.5 Å². The monoisotopic (exact) mass is 611 g/mol. The number of ether oxygens (including phenoxy) is 1. The van der Waals surface area contributed by atoms with E-state index in [1.807, 2.05) is 36.9 Å². The van der Waals surface area contributed by atoms with Crippen LogP contribution in [-0.2, 0) is 5.44 Å². The molecule has 43 heavy (non-hydrogen) atoms. The molecule has 12 heteroatoms. The fourth-order valence-electron chi connectivity index (χ4n) is 5.14. The van der Waals surface area contributed by atoms with Crippen LogP contribution in [0, 0.1) is 17.1 Å². The predicted molar refractivity (Wildman–Crippen MR) is 167 cm³/mol. The van der Waals surface area contributed by atoms with E-state index in [0.29, 0.717) is 61.1 Å². The van der Waals surface area contributed by atoms with E-state index >= 15 is 0 Å². The zero-order chi connectivity index (χ0) is 29.7. The van der Waals surface area contributed by atoms with Crippen LogP contribution < -0.4 is 15.4 Å². The molecule has 214 valence electrons. The second-order valence-corrected chi connectivity index (χ2v) is 12.0. The van der Waals surface area contributed by atoms with Crippen molar-refractivity contribution in [2.45, 2.75) is 43.3 Å². The van der Waals surface area contributed by atoms with Crippen molar-refractivity contribution in [3.8, 4) is 11.8 Å². The molecule has 0 spiro atoms. The van der Waals surface area contributed by atoms with Crippen molar-refractivity contribution in [1.82, 2.24) is 20.0 Å². The standard InChI is InChI=1S/C31H25BCl2FN7O/c32-31(18-4-6-19(35)7-5-18,27-16-42(41-40-27)21-8-9-21)39-20-12-23-28(17(14-36)15-37-29(23)25(34)13-20)38-26-3-1-2-24(33)30(26)43-22-10-11-22/h1-7,12-13,15-16,21-22,39H,8-11,32H2,(H,37,38). The van der Waals surface area contributed by atoms with Gasteiger partial charge in [0.15, 0.2) is 5.75 Å². The van der Waals surface area contributed by atoms with E-state index in [1.54, 1.807) is 24.3 Å². The Morgan fingerprint density at radius 3 is 2.58 bits per heavy atom. The second kappa shape index (κ2) is 10.7. The van der Waals surface area contributed by atoms with Gasteiger partial charge in [0, 0.05) is 17.3 Å². The normalized spacial score (nSPS) is 16.0. The van der Waals surface area contributed by atoms with Gasteiger partial charge in [0.05, 0.1) is 56.3 Å². The Hall–Kier alpha value is -4.33. The first-order valence-electron chi connectivity index (χ1n) is 14.0. The summed E-state index contributed by atoms with van der Waals surface area (Å²) in [6.45, 7) is 0. The van der Waals surface area contributed by atoms with Gasteiger partial charge < -0.3 is 15.4 Å². The van der Waals surface area contributed by atoms with Crippen molar-refractivity contribution in [3.63, 3.8) is 0 Å². The van der Waals surface area contributed by atoms with Gasteiger partial charge in [-0.15, -0.1) is 5.10 Å². The van der Waals surface area contributed by atoms with E-state index in [9.17, 15) is 9.65 Å². The number of pyridine rings is 1. The number of nitrogens with zero attached hydrogens (tertiary/aromatic N) is 5. The lowest BCUT2D eigenvalue weighted by atomic mass is 9.69. The van der Waals surface area contributed by atoms with Crippen molar-refractivity contribution in [3.05, 3.63) is 99.7 Å². The van der Waals surface area contributed by atoms with E-state index in [-0.39, 0.29) is 11.9 Å². The quantitative estimate of drug-likeness (QED) is 0.179. The van der Waals surface area contributed by atoms with Gasteiger partial charge in [0.25, 0.3) is 0 Å². The third kappa shape index (κ3) is 5.35. The molecule has 8 nitrogen and oxygen atoms in total. The Labute approximate surface area is 258 Å². The van der Waals surface area contributed by atoms with Crippen LogP contribution in [0.15, 0.2) is 67.0 Å². The molecule has 2 N–H and O–H groups in total.